The lowest BCUT2D eigenvalue weighted by molar-refractivity contribution is -0.144. The molecule has 0 unspecified atom stereocenters. The second-order valence-corrected chi connectivity index (χ2v) is 8.19. The standard InChI is InChI=1S/C18H28O3.C9H18O2/c1-2-3-4-5-9-13-18(19)21-15-10-14-20-16-17-11-7-6-8-12-17;1-2-3-4-5-6-7-8-9(10)11/h6-8,11-12H,2-5,9-10,13-16H2,1H3;2-8H2,1H3,(H,10,11). The van der Waals surface area contributed by atoms with Crippen LogP contribution in [0, 0.1) is 0 Å². The van der Waals surface area contributed by atoms with E-state index in [1.54, 1.807) is 0 Å². The fraction of sp³-hybridized carbons (Fsp3) is 0.704. The Bertz CT molecular complexity index is 544. The van der Waals surface area contributed by atoms with E-state index in [0.717, 1.165) is 32.1 Å². The molecule has 0 aliphatic carbocycles. The van der Waals surface area contributed by atoms with Crippen molar-refractivity contribution in [3.63, 3.8) is 0 Å². The highest BCUT2D eigenvalue weighted by Crippen LogP contribution is 2.07. The van der Waals surface area contributed by atoms with Crippen LogP contribution in [0.15, 0.2) is 30.3 Å². The van der Waals surface area contributed by atoms with Crippen LogP contribution in [-0.4, -0.2) is 30.3 Å². The summed E-state index contributed by atoms with van der Waals surface area (Å²) < 4.78 is 10.7. The van der Waals surface area contributed by atoms with Crippen LogP contribution >= 0.6 is 0 Å². The zero-order valence-corrected chi connectivity index (χ0v) is 20.5. The maximum atomic E-state index is 11.5. The van der Waals surface area contributed by atoms with E-state index in [0.29, 0.717) is 32.7 Å². The van der Waals surface area contributed by atoms with Crippen molar-refractivity contribution >= 4 is 11.9 Å². The highest BCUT2D eigenvalue weighted by molar-refractivity contribution is 5.69. The Labute approximate surface area is 195 Å². The quantitative estimate of drug-likeness (QED) is 0.177. The maximum absolute atomic E-state index is 11.5. The molecule has 0 aliphatic rings. The number of carboxylic acid groups (broad SMARTS) is 1. The third-order valence-electron chi connectivity index (χ3n) is 5.04. The summed E-state index contributed by atoms with van der Waals surface area (Å²) in [6.45, 7) is 6.07. The highest BCUT2D eigenvalue weighted by atomic mass is 16.5. The number of hydrogen-bond donors (Lipinski definition) is 1. The van der Waals surface area contributed by atoms with E-state index >= 15 is 0 Å². The number of carbonyl (C=O) groups excluding carboxylic acids is 1. The summed E-state index contributed by atoms with van der Waals surface area (Å²) in [7, 11) is 0. The van der Waals surface area contributed by atoms with Crippen molar-refractivity contribution in [1.29, 1.82) is 0 Å². The molecule has 5 heteroatoms. The molecule has 0 atom stereocenters. The Morgan fingerprint density at radius 1 is 0.719 bits per heavy atom. The predicted octanol–water partition coefficient (Wildman–Crippen LogP) is 7.32. The Hall–Kier alpha value is -1.88. The second-order valence-electron chi connectivity index (χ2n) is 8.19. The number of hydrogen-bond acceptors (Lipinski definition) is 4. The zero-order valence-electron chi connectivity index (χ0n) is 20.5. The molecular formula is C27H46O5. The van der Waals surface area contributed by atoms with E-state index in [9.17, 15) is 9.59 Å². The van der Waals surface area contributed by atoms with Crippen molar-refractivity contribution in [2.24, 2.45) is 0 Å². The van der Waals surface area contributed by atoms with Crippen LogP contribution < -0.4 is 0 Å². The van der Waals surface area contributed by atoms with E-state index in [2.05, 4.69) is 13.8 Å². The van der Waals surface area contributed by atoms with Gasteiger partial charge in [-0.1, -0.05) is 102 Å². The summed E-state index contributed by atoms with van der Waals surface area (Å²) in [6, 6.07) is 10.1. The summed E-state index contributed by atoms with van der Waals surface area (Å²) in [6.07, 6.45) is 14.3. The van der Waals surface area contributed by atoms with Crippen molar-refractivity contribution in [3.8, 4) is 0 Å². The molecule has 0 bridgehead atoms. The number of unbranched alkanes of at least 4 members (excludes halogenated alkanes) is 9. The molecule has 0 heterocycles. The number of ether oxygens (including phenoxy) is 2. The van der Waals surface area contributed by atoms with Crippen molar-refractivity contribution in [1.82, 2.24) is 0 Å². The molecule has 1 rings (SSSR count). The molecule has 184 valence electrons. The molecule has 0 aliphatic heterocycles. The van der Waals surface area contributed by atoms with Gasteiger partial charge in [0.1, 0.15) is 0 Å². The van der Waals surface area contributed by atoms with Crippen LogP contribution in [0.1, 0.15) is 109 Å². The number of aliphatic carboxylic acids is 1. The van der Waals surface area contributed by atoms with E-state index in [-0.39, 0.29) is 5.97 Å². The van der Waals surface area contributed by atoms with Crippen molar-refractivity contribution in [2.45, 2.75) is 110 Å². The van der Waals surface area contributed by atoms with Gasteiger partial charge in [0.05, 0.1) is 19.8 Å². The molecule has 1 aromatic rings. The average Bonchev–Trinajstić information content (AvgIpc) is 2.79. The molecule has 1 N–H and O–H groups in total. The third kappa shape index (κ3) is 22.8. The summed E-state index contributed by atoms with van der Waals surface area (Å²) in [5, 5.41) is 8.32. The van der Waals surface area contributed by atoms with Crippen molar-refractivity contribution < 1.29 is 24.2 Å². The van der Waals surface area contributed by atoms with Crippen LogP contribution in [0.2, 0.25) is 0 Å². The van der Waals surface area contributed by atoms with Crippen LogP contribution in [0.5, 0.6) is 0 Å². The molecule has 0 aromatic heterocycles. The fourth-order valence-corrected chi connectivity index (χ4v) is 3.11. The largest absolute Gasteiger partial charge is 0.481 e. The minimum atomic E-state index is -0.666. The van der Waals surface area contributed by atoms with Gasteiger partial charge in [-0.05, 0) is 18.4 Å². The molecular weight excluding hydrogens is 404 g/mol. The van der Waals surface area contributed by atoms with Gasteiger partial charge in [-0.2, -0.15) is 0 Å². The minimum absolute atomic E-state index is 0.0745. The van der Waals surface area contributed by atoms with Gasteiger partial charge in [0.25, 0.3) is 0 Å². The van der Waals surface area contributed by atoms with Gasteiger partial charge in [0.2, 0.25) is 0 Å². The highest BCUT2D eigenvalue weighted by Gasteiger charge is 2.02. The van der Waals surface area contributed by atoms with Crippen molar-refractivity contribution in [2.75, 3.05) is 13.2 Å². The molecule has 0 fully saturated rings. The van der Waals surface area contributed by atoms with Crippen LogP contribution in [-0.2, 0) is 25.7 Å². The molecule has 0 radical (unpaired) electrons. The maximum Gasteiger partial charge on any atom is 0.305 e. The third-order valence-corrected chi connectivity index (χ3v) is 5.04. The van der Waals surface area contributed by atoms with Gasteiger partial charge in [0, 0.05) is 19.3 Å². The second kappa shape index (κ2) is 23.8. The smallest absolute Gasteiger partial charge is 0.305 e. The first-order chi connectivity index (χ1) is 15.6. The van der Waals surface area contributed by atoms with E-state index < -0.39 is 5.97 Å². The van der Waals surface area contributed by atoms with Crippen LogP contribution in [0.3, 0.4) is 0 Å². The summed E-state index contributed by atoms with van der Waals surface area (Å²) in [4.78, 5) is 21.6. The molecule has 0 spiro atoms. The first-order valence-corrected chi connectivity index (χ1v) is 12.6. The van der Waals surface area contributed by atoms with Gasteiger partial charge in [-0.15, -0.1) is 0 Å². The van der Waals surface area contributed by atoms with Gasteiger partial charge >= 0.3 is 11.9 Å². The number of esters is 1. The monoisotopic (exact) mass is 450 g/mol. The topological polar surface area (TPSA) is 72.8 Å². The van der Waals surface area contributed by atoms with Crippen molar-refractivity contribution in [3.05, 3.63) is 35.9 Å². The van der Waals surface area contributed by atoms with Gasteiger partial charge in [-0.25, -0.2) is 0 Å². The lowest BCUT2D eigenvalue weighted by Gasteiger charge is -2.06. The summed E-state index contributed by atoms with van der Waals surface area (Å²) in [5.41, 5.74) is 1.17. The van der Waals surface area contributed by atoms with E-state index in [1.165, 1.54) is 50.5 Å². The molecule has 32 heavy (non-hydrogen) atoms. The Kier molecular flexibility index (Phi) is 22.4. The van der Waals surface area contributed by atoms with Gasteiger partial charge in [-0.3, -0.25) is 9.59 Å². The van der Waals surface area contributed by atoms with Gasteiger partial charge < -0.3 is 14.6 Å². The zero-order chi connectivity index (χ0) is 23.7. The SMILES string of the molecule is CCCCCCCC(=O)OCCCOCc1ccccc1.CCCCCCCCC(=O)O. The lowest BCUT2D eigenvalue weighted by atomic mass is 10.1. The van der Waals surface area contributed by atoms with E-state index in [4.69, 9.17) is 14.6 Å². The number of benzene rings is 1. The fourth-order valence-electron chi connectivity index (χ4n) is 3.11. The first-order valence-electron chi connectivity index (χ1n) is 12.6. The Morgan fingerprint density at radius 3 is 1.88 bits per heavy atom. The van der Waals surface area contributed by atoms with Gasteiger partial charge in [0.15, 0.2) is 0 Å². The molecule has 5 nitrogen and oxygen atoms in total. The molecule has 1 aromatic carbocycles. The average molecular weight is 451 g/mol. The minimum Gasteiger partial charge on any atom is -0.481 e. The molecule has 0 amide bonds. The predicted molar refractivity (Wildman–Crippen MR) is 131 cm³/mol. The normalized spacial score (nSPS) is 10.3. The Balaban J connectivity index is 0.000000739. The number of rotatable bonds is 19. The molecule has 0 saturated carbocycles. The summed E-state index contributed by atoms with van der Waals surface area (Å²) in [5.74, 6) is -0.741. The van der Waals surface area contributed by atoms with Crippen LogP contribution in [0.4, 0.5) is 0 Å². The van der Waals surface area contributed by atoms with Crippen LogP contribution in [0.25, 0.3) is 0 Å². The molecule has 0 saturated heterocycles. The van der Waals surface area contributed by atoms with E-state index in [1.807, 2.05) is 30.3 Å². The Morgan fingerprint density at radius 2 is 1.28 bits per heavy atom. The summed E-state index contributed by atoms with van der Waals surface area (Å²) >= 11 is 0. The number of carbonyl (C=O) groups is 2. The lowest BCUT2D eigenvalue weighted by Crippen LogP contribution is -2.07. The first kappa shape index (κ1) is 30.1. The number of carboxylic acids is 1.